The maximum absolute atomic E-state index is 5.02. The molecular weight excluding hydrogens is 198 g/mol. The van der Waals surface area contributed by atoms with E-state index in [4.69, 9.17) is 14.2 Å². The monoisotopic (exact) mass is 213 g/mol. The van der Waals surface area contributed by atoms with Gasteiger partial charge in [0.25, 0.3) is 0 Å². The van der Waals surface area contributed by atoms with E-state index in [1.54, 1.807) is 27.4 Å². The van der Waals surface area contributed by atoms with Crippen molar-refractivity contribution >= 4 is 5.82 Å². The summed E-state index contributed by atoms with van der Waals surface area (Å²) in [5.41, 5.74) is 0. The summed E-state index contributed by atoms with van der Waals surface area (Å²) < 4.78 is 15.0. The smallest absolute Gasteiger partial charge is 0.218 e. The lowest BCUT2D eigenvalue weighted by molar-refractivity contribution is -0.0914. The van der Waals surface area contributed by atoms with E-state index in [2.05, 4.69) is 15.3 Å². The Morgan fingerprint density at radius 3 is 2.60 bits per heavy atom. The Morgan fingerprint density at radius 1 is 1.27 bits per heavy atom. The summed E-state index contributed by atoms with van der Waals surface area (Å²) in [5, 5.41) is 3.04. The lowest BCUT2D eigenvalue weighted by Crippen LogP contribution is -2.23. The van der Waals surface area contributed by atoms with Crippen LogP contribution in [0.25, 0.3) is 0 Å². The van der Waals surface area contributed by atoms with E-state index in [1.165, 1.54) is 6.33 Å². The number of ether oxygens (including phenoxy) is 3. The van der Waals surface area contributed by atoms with Crippen LogP contribution in [0.1, 0.15) is 0 Å². The zero-order valence-corrected chi connectivity index (χ0v) is 9.06. The topological polar surface area (TPSA) is 65.5 Å². The molecule has 0 radical (unpaired) electrons. The predicted molar refractivity (Wildman–Crippen MR) is 54.9 cm³/mol. The molecule has 15 heavy (non-hydrogen) atoms. The highest BCUT2D eigenvalue weighted by Gasteiger charge is 2.05. The first-order valence-electron chi connectivity index (χ1n) is 4.45. The highest BCUT2D eigenvalue weighted by atomic mass is 16.7. The number of hydrogen-bond acceptors (Lipinski definition) is 6. The Hall–Kier alpha value is -1.40. The second-order valence-electron chi connectivity index (χ2n) is 2.73. The van der Waals surface area contributed by atoms with Gasteiger partial charge in [-0.25, -0.2) is 9.97 Å². The van der Waals surface area contributed by atoms with Gasteiger partial charge >= 0.3 is 0 Å². The lowest BCUT2D eigenvalue weighted by atomic mass is 10.5. The van der Waals surface area contributed by atoms with Crippen LogP contribution in [0.4, 0.5) is 5.82 Å². The fourth-order valence-electron chi connectivity index (χ4n) is 0.999. The minimum Gasteiger partial charge on any atom is -0.481 e. The number of methoxy groups -OCH3 is 3. The first-order valence-corrected chi connectivity index (χ1v) is 4.45. The van der Waals surface area contributed by atoms with Gasteiger partial charge in [-0.2, -0.15) is 0 Å². The minimum absolute atomic E-state index is 0.300. The summed E-state index contributed by atoms with van der Waals surface area (Å²) >= 11 is 0. The van der Waals surface area contributed by atoms with Crippen molar-refractivity contribution in [2.24, 2.45) is 0 Å². The molecule has 1 heterocycles. The molecule has 1 N–H and O–H groups in total. The summed E-state index contributed by atoms with van der Waals surface area (Å²) in [7, 11) is 4.71. The minimum atomic E-state index is -0.300. The van der Waals surface area contributed by atoms with E-state index >= 15 is 0 Å². The number of rotatable bonds is 6. The average molecular weight is 213 g/mol. The summed E-state index contributed by atoms with van der Waals surface area (Å²) in [6, 6.07) is 1.70. The summed E-state index contributed by atoms with van der Waals surface area (Å²) in [6.07, 6.45) is 1.13. The molecule has 0 aliphatic heterocycles. The van der Waals surface area contributed by atoms with Crippen molar-refractivity contribution in [2.45, 2.75) is 6.29 Å². The maximum Gasteiger partial charge on any atom is 0.218 e. The fourth-order valence-corrected chi connectivity index (χ4v) is 0.999. The molecule has 6 nitrogen and oxygen atoms in total. The van der Waals surface area contributed by atoms with E-state index in [-0.39, 0.29) is 6.29 Å². The normalized spacial score (nSPS) is 10.4. The third kappa shape index (κ3) is 3.69. The molecule has 0 aliphatic carbocycles. The van der Waals surface area contributed by atoms with Crippen molar-refractivity contribution in [3.63, 3.8) is 0 Å². The van der Waals surface area contributed by atoms with Gasteiger partial charge in [0, 0.05) is 20.3 Å². The maximum atomic E-state index is 5.02. The number of aromatic nitrogens is 2. The van der Waals surface area contributed by atoms with Crippen molar-refractivity contribution < 1.29 is 14.2 Å². The van der Waals surface area contributed by atoms with Crippen molar-refractivity contribution in [3.8, 4) is 5.88 Å². The summed E-state index contributed by atoms with van der Waals surface area (Å²) in [6.45, 7) is 0.507. The van der Waals surface area contributed by atoms with Crippen molar-refractivity contribution in [2.75, 3.05) is 33.2 Å². The largest absolute Gasteiger partial charge is 0.481 e. The van der Waals surface area contributed by atoms with Crippen LogP contribution in [0, 0.1) is 0 Å². The third-order valence-electron chi connectivity index (χ3n) is 1.83. The third-order valence-corrected chi connectivity index (χ3v) is 1.83. The summed E-state index contributed by atoms with van der Waals surface area (Å²) in [4.78, 5) is 7.90. The van der Waals surface area contributed by atoms with Gasteiger partial charge in [0.15, 0.2) is 6.29 Å². The van der Waals surface area contributed by atoms with Crippen LogP contribution in [0.5, 0.6) is 5.88 Å². The van der Waals surface area contributed by atoms with E-state index in [0.717, 1.165) is 0 Å². The number of hydrogen-bond donors (Lipinski definition) is 1. The van der Waals surface area contributed by atoms with Crippen LogP contribution >= 0.6 is 0 Å². The molecule has 1 aromatic rings. The molecule has 0 saturated heterocycles. The van der Waals surface area contributed by atoms with Crippen LogP contribution < -0.4 is 10.1 Å². The fraction of sp³-hybridized carbons (Fsp3) is 0.556. The van der Waals surface area contributed by atoms with Gasteiger partial charge in [0.05, 0.1) is 13.7 Å². The first-order chi connectivity index (χ1) is 7.30. The van der Waals surface area contributed by atoms with E-state index in [9.17, 15) is 0 Å². The number of nitrogens with zero attached hydrogens (tertiary/aromatic N) is 2. The SMILES string of the molecule is COc1cc(NCC(OC)OC)ncn1. The zero-order chi connectivity index (χ0) is 11.1. The molecule has 0 fully saturated rings. The van der Waals surface area contributed by atoms with Crippen molar-refractivity contribution in [1.29, 1.82) is 0 Å². The molecular formula is C9H15N3O3. The average Bonchev–Trinajstić information content (AvgIpc) is 2.31. The van der Waals surface area contributed by atoms with Crippen LogP contribution in [0.2, 0.25) is 0 Å². The Labute approximate surface area is 88.6 Å². The molecule has 0 atom stereocenters. The molecule has 1 rings (SSSR count). The van der Waals surface area contributed by atoms with Crippen LogP contribution in [-0.4, -0.2) is 44.1 Å². The Balaban J connectivity index is 2.49. The first kappa shape index (κ1) is 11.7. The van der Waals surface area contributed by atoms with Crippen LogP contribution in [0.15, 0.2) is 12.4 Å². The molecule has 0 aromatic carbocycles. The molecule has 0 amide bonds. The second kappa shape index (κ2) is 6.15. The molecule has 84 valence electrons. The molecule has 1 aromatic heterocycles. The van der Waals surface area contributed by atoms with Gasteiger partial charge in [-0.1, -0.05) is 0 Å². The molecule has 0 saturated carbocycles. The zero-order valence-electron chi connectivity index (χ0n) is 9.06. The Morgan fingerprint density at radius 2 is 2.00 bits per heavy atom. The highest BCUT2D eigenvalue weighted by molar-refractivity contribution is 5.36. The molecule has 0 unspecified atom stereocenters. The number of nitrogens with one attached hydrogen (secondary N) is 1. The molecule has 0 spiro atoms. The van der Waals surface area contributed by atoms with Gasteiger partial charge in [0.1, 0.15) is 12.1 Å². The van der Waals surface area contributed by atoms with Gasteiger partial charge in [0.2, 0.25) is 5.88 Å². The highest BCUT2D eigenvalue weighted by Crippen LogP contribution is 2.09. The van der Waals surface area contributed by atoms with Gasteiger partial charge in [-0.3, -0.25) is 0 Å². The lowest BCUT2D eigenvalue weighted by Gasteiger charge is -2.14. The Bertz CT molecular complexity index is 292. The van der Waals surface area contributed by atoms with Gasteiger partial charge < -0.3 is 19.5 Å². The molecule has 6 heteroatoms. The standard InChI is InChI=1S/C9H15N3O3/c1-13-8-4-7(11-6-12-8)10-5-9(14-2)15-3/h4,6,9H,5H2,1-3H3,(H,10,11,12). The van der Waals surface area contributed by atoms with Gasteiger partial charge in [-0.15, -0.1) is 0 Å². The van der Waals surface area contributed by atoms with Crippen molar-refractivity contribution in [1.82, 2.24) is 9.97 Å². The second-order valence-corrected chi connectivity index (χ2v) is 2.73. The quantitative estimate of drug-likeness (QED) is 0.695. The van der Waals surface area contributed by atoms with Crippen LogP contribution in [-0.2, 0) is 9.47 Å². The molecule has 0 bridgehead atoms. The van der Waals surface area contributed by atoms with Crippen LogP contribution in [0.3, 0.4) is 0 Å². The Kier molecular flexibility index (Phi) is 4.79. The van der Waals surface area contributed by atoms with E-state index < -0.39 is 0 Å². The van der Waals surface area contributed by atoms with E-state index in [1.807, 2.05) is 0 Å². The van der Waals surface area contributed by atoms with E-state index in [0.29, 0.717) is 18.2 Å². The number of anilines is 1. The van der Waals surface area contributed by atoms with Crippen molar-refractivity contribution in [3.05, 3.63) is 12.4 Å². The predicted octanol–water partition coefficient (Wildman–Crippen LogP) is 0.516. The summed E-state index contributed by atoms with van der Waals surface area (Å²) in [5.74, 6) is 1.18. The van der Waals surface area contributed by atoms with Gasteiger partial charge in [-0.05, 0) is 0 Å². The molecule has 0 aliphatic rings.